The number of rotatable bonds is 5. The van der Waals surface area contributed by atoms with Gasteiger partial charge in [-0.3, -0.25) is 10.1 Å². The van der Waals surface area contributed by atoms with E-state index < -0.39 is 10.5 Å². The molecule has 8 nitrogen and oxygen atoms in total. The Kier molecular flexibility index (Phi) is 6.91. The van der Waals surface area contributed by atoms with Gasteiger partial charge in [-0.2, -0.15) is 0 Å². The van der Waals surface area contributed by atoms with E-state index in [0.717, 1.165) is 12.8 Å². The van der Waals surface area contributed by atoms with E-state index in [4.69, 9.17) is 14.2 Å². The van der Waals surface area contributed by atoms with Gasteiger partial charge in [-0.05, 0) is 55.5 Å². The van der Waals surface area contributed by atoms with Crippen molar-refractivity contribution in [3.8, 4) is 11.5 Å². The molecule has 0 bridgehead atoms. The van der Waals surface area contributed by atoms with Crippen molar-refractivity contribution < 1.29 is 23.9 Å². The summed E-state index contributed by atoms with van der Waals surface area (Å²) in [5, 5.41) is 11.0. The molecule has 1 saturated heterocycles. The number of carbonyl (C=O) groups is 1. The Morgan fingerprint density at radius 1 is 1.30 bits per heavy atom. The Bertz CT molecular complexity index is 696. The second kappa shape index (κ2) is 8.77. The van der Waals surface area contributed by atoms with Crippen LogP contribution in [-0.4, -0.2) is 48.3 Å². The molecule has 9 heteroatoms. The van der Waals surface area contributed by atoms with Crippen molar-refractivity contribution in [3.63, 3.8) is 0 Å². The first-order valence-electron chi connectivity index (χ1n) is 8.73. The number of piperidine rings is 1. The lowest BCUT2D eigenvalue weighted by Crippen LogP contribution is -2.42. The van der Waals surface area contributed by atoms with Gasteiger partial charge in [0, 0.05) is 25.2 Å². The summed E-state index contributed by atoms with van der Waals surface area (Å²) in [6.45, 7) is 7.24. The van der Waals surface area contributed by atoms with Crippen LogP contribution in [0.25, 0.3) is 0 Å². The topological polar surface area (TPSA) is 91.1 Å². The van der Waals surface area contributed by atoms with Crippen molar-refractivity contribution in [2.45, 2.75) is 39.2 Å². The van der Waals surface area contributed by atoms with Crippen LogP contribution in [0.3, 0.4) is 0 Å². The maximum absolute atomic E-state index is 12.1. The highest BCUT2D eigenvalue weighted by Crippen LogP contribution is 2.37. The van der Waals surface area contributed by atoms with Gasteiger partial charge < -0.3 is 19.1 Å². The summed E-state index contributed by atoms with van der Waals surface area (Å²) >= 11 is 3.31. The van der Waals surface area contributed by atoms with E-state index in [1.165, 1.54) is 19.2 Å². The molecule has 0 N–H and O–H groups in total. The van der Waals surface area contributed by atoms with E-state index >= 15 is 0 Å². The molecule has 27 heavy (non-hydrogen) atoms. The molecule has 1 heterocycles. The van der Waals surface area contributed by atoms with Crippen molar-refractivity contribution in [1.82, 2.24) is 4.90 Å². The Hall–Kier alpha value is -2.03. The zero-order chi connectivity index (χ0) is 20.2. The minimum Gasteiger partial charge on any atom is -0.492 e. The van der Waals surface area contributed by atoms with Crippen LogP contribution in [0.5, 0.6) is 11.5 Å². The molecule has 1 amide bonds. The van der Waals surface area contributed by atoms with Gasteiger partial charge in [-0.1, -0.05) is 0 Å². The number of likely N-dealkylation sites (tertiary alicyclic amines) is 1. The number of ether oxygens (including phenoxy) is 3. The number of nitrogens with zero attached hydrogens (tertiary/aromatic N) is 2. The molecule has 1 aromatic rings. The number of methoxy groups -OCH3 is 1. The minimum absolute atomic E-state index is 0.123. The third kappa shape index (κ3) is 5.98. The molecule has 0 radical (unpaired) electrons. The lowest BCUT2D eigenvalue weighted by molar-refractivity contribution is -0.385. The van der Waals surface area contributed by atoms with Crippen LogP contribution in [0, 0.1) is 16.0 Å². The molecule has 150 valence electrons. The van der Waals surface area contributed by atoms with Gasteiger partial charge in [0.2, 0.25) is 5.75 Å². The Balaban J connectivity index is 1.90. The summed E-state index contributed by atoms with van der Waals surface area (Å²) in [6, 6.07) is 2.89. The normalized spacial score (nSPS) is 15.4. The largest absolute Gasteiger partial charge is 0.492 e. The minimum atomic E-state index is -0.502. The fraction of sp³-hybridized carbons (Fsp3) is 0.611. The van der Waals surface area contributed by atoms with Crippen LogP contribution in [-0.2, 0) is 4.74 Å². The third-order valence-electron chi connectivity index (χ3n) is 4.17. The van der Waals surface area contributed by atoms with Gasteiger partial charge in [0.25, 0.3) is 0 Å². The van der Waals surface area contributed by atoms with Crippen molar-refractivity contribution in [1.29, 1.82) is 0 Å². The van der Waals surface area contributed by atoms with Gasteiger partial charge in [-0.25, -0.2) is 4.79 Å². The molecule has 1 fully saturated rings. The summed E-state index contributed by atoms with van der Waals surface area (Å²) < 4.78 is 16.8. The van der Waals surface area contributed by atoms with E-state index in [2.05, 4.69) is 15.9 Å². The third-order valence-corrected chi connectivity index (χ3v) is 4.79. The highest BCUT2D eigenvalue weighted by Gasteiger charge is 2.27. The van der Waals surface area contributed by atoms with Crippen molar-refractivity contribution in [3.05, 3.63) is 26.7 Å². The number of amides is 1. The van der Waals surface area contributed by atoms with Gasteiger partial charge in [0.05, 0.1) is 23.1 Å². The molecule has 0 aliphatic carbocycles. The summed E-state index contributed by atoms with van der Waals surface area (Å²) in [5.41, 5.74) is -0.624. The number of nitro benzene ring substituents is 1. The summed E-state index contributed by atoms with van der Waals surface area (Å²) in [7, 11) is 1.38. The first kappa shape index (κ1) is 21.3. The Labute approximate surface area is 167 Å². The van der Waals surface area contributed by atoms with Crippen LogP contribution >= 0.6 is 15.9 Å². The van der Waals surface area contributed by atoms with Crippen molar-refractivity contribution in [2.75, 3.05) is 26.8 Å². The summed E-state index contributed by atoms with van der Waals surface area (Å²) in [6.07, 6.45) is 1.33. The zero-order valence-corrected chi connectivity index (χ0v) is 17.6. The van der Waals surface area contributed by atoms with Crippen LogP contribution < -0.4 is 9.47 Å². The lowest BCUT2D eigenvalue weighted by atomic mass is 9.98. The quantitative estimate of drug-likeness (QED) is 0.493. The monoisotopic (exact) mass is 444 g/mol. The molecule has 0 aromatic heterocycles. The first-order valence-corrected chi connectivity index (χ1v) is 9.52. The zero-order valence-electron chi connectivity index (χ0n) is 16.0. The van der Waals surface area contributed by atoms with Gasteiger partial charge in [-0.15, -0.1) is 0 Å². The standard InChI is InChI=1S/C18H25BrN2O6/c1-18(2,3)27-17(22)20-7-5-12(6-8-20)11-26-15-10-16(25-4)14(21(23)24)9-13(15)19/h9-10,12H,5-8,11H2,1-4H3. The average molecular weight is 445 g/mol. The van der Waals surface area contributed by atoms with E-state index in [9.17, 15) is 14.9 Å². The van der Waals surface area contributed by atoms with Crippen LogP contribution in [0.15, 0.2) is 16.6 Å². The highest BCUT2D eigenvalue weighted by molar-refractivity contribution is 9.10. The smallest absolute Gasteiger partial charge is 0.410 e. The number of halogens is 1. The Morgan fingerprint density at radius 3 is 2.44 bits per heavy atom. The SMILES string of the molecule is COc1cc(OCC2CCN(C(=O)OC(C)(C)C)CC2)c(Br)cc1[N+](=O)[O-]. The van der Waals surface area contributed by atoms with Crippen molar-refractivity contribution in [2.24, 2.45) is 5.92 Å². The fourth-order valence-corrected chi connectivity index (χ4v) is 3.20. The van der Waals surface area contributed by atoms with Crippen molar-refractivity contribution >= 4 is 27.7 Å². The van der Waals surface area contributed by atoms with Crippen LogP contribution in [0.2, 0.25) is 0 Å². The maximum Gasteiger partial charge on any atom is 0.410 e. The average Bonchev–Trinajstić information content (AvgIpc) is 2.59. The number of carbonyl (C=O) groups excluding carboxylic acids is 1. The number of benzene rings is 1. The summed E-state index contributed by atoms with van der Waals surface area (Å²) in [5.74, 6) is 0.932. The van der Waals surface area contributed by atoms with Gasteiger partial charge in [0.15, 0.2) is 0 Å². The highest BCUT2D eigenvalue weighted by atomic mass is 79.9. The lowest BCUT2D eigenvalue weighted by Gasteiger charge is -2.33. The molecule has 0 saturated carbocycles. The molecule has 0 atom stereocenters. The molecule has 0 spiro atoms. The van der Waals surface area contributed by atoms with E-state index in [0.29, 0.717) is 29.9 Å². The number of hydrogen-bond donors (Lipinski definition) is 0. The second-order valence-electron chi connectivity index (χ2n) is 7.43. The number of hydrogen-bond acceptors (Lipinski definition) is 6. The Morgan fingerprint density at radius 2 is 1.93 bits per heavy atom. The van der Waals surface area contributed by atoms with E-state index in [1.54, 1.807) is 4.90 Å². The molecular weight excluding hydrogens is 420 g/mol. The van der Waals surface area contributed by atoms with E-state index in [-0.39, 0.29) is 23.4 Å². The summed E-state index contributed by atoms with van der Waals surface area (Å²) in [4.78, 5) is 24.4. The van der Waals surface area contributed by atoms with Crippen LogP contribution in [0.4, 0.5) is 10.5 Å². The predicted octanol–water partition coefficient (Wildman–Crippen LogP) is 4.39. The fourth-order valence-electron chi connectivity index (χ4n) is 2.76. The molecule has 0 unspecified atom stereocenters. The second-order valence-corrected chi connectivity index (χ2v) is 8.29. The molecule has 1 aromatic carbocycles. The van der Waals surface area contributed by atoms with Gasteiger partial charge >= 0.3 is 11.8 Å². The predicted molar refractivity (Wildman–Crippen MR) is 103 cm³/mol. The van der Waals surface area contributed by atoms with Gasteiger partial charge in [0.1, 0.15) is 11.4 Å². The van der Waals surface area contributed by atoms with E-state index in [1.807, 2.05) is 20.8 Å². The molecule has 1 aliphatic rings. The number of nitro groups is 1. The van der Waals surface area contributed by atoms with Crippen LogP contribution in [0.1, 0.15) is 33.6 Å². The maximum atomic E-state index is 12.1. The molecular formula is C18H25BrN2O6. The first-order chi connectivity index (χ1) is 12.6. The molecule has 1 aliphatic heterocycles. The molecule has 2 rings (SSSR count).